The third-order valence-corrected chi connectivity index (χ3v) is 2.95. The van der Waals surface area contributed by atoms with E-state index in [1.54, 1.807) is 0 Å². The van der Waals surface area contributed by atoms with Crippen LogP contribution in [0.3, 0.4) is 0 Å². The van der Waals surface area contributed by atoms with Crippen molar-refractivity contribution in [2.45, 2.75) is 12.5 Å². The van der Waals surface area contributed by atoms with Gasteiger partial charge in [0.1, 0.15) is 0 Å². The standard InChI is InChI=1S/C14H13N/c15-14-6-5-12-7-10-3-1-2-4-11(10)8-13(12)9-14/h1-5,7-9,14H,6,15H2. The van der Waals surface area contributed by atoms with E-state index in [9.17, 15) is 0 Å². The number of hydrogen-bond acceptors (Lipinski definition) is 1. The van der Waals surface area contributed by atoms with Crippen LogP contribution in [-0.4, -0.2) is 6.04 Å². The molecule has 0 amide bonds. The summed E-state index contributed by atoms with van der Waals surface area (Å²) in [5.74, 6) is 0. The molecule has 2 N–H and O–H groups in total. The zero-order chi connectivity index (χ0) is 10.3. The lowest BCUT2D eigenvalue weighted by Gasteiger charge is -2.08. The van der Waals surface area contributed by atoms with Crippen molar-refractivity contribution in [2.75, 3.05) is 0 Å². The molecule has 3 rings (SSSR count). The first kappa shape index (κ1) is 8.69. The van der Waals surface area contributed by atoms with E-state index in [2.05, 4.69) is 48.6 Å². The van der Waals surface area contributed by atoms with Crippen molar-refractivity contribution in [3.8, 4) is 0 Å². The van der Waals surface area contributed by atoms with Crippen LogP contribution in [-0.2, 0) is 0 Å². The van der Waals surface area contributed by atoms with Gasteiger partial charge in [-0.2, -0.15) is 0 Å². The van der Waals surface area contributed by atoms with Gasteiger partial charge in [0.05, 0.1) is 0 Å². The molecule has 0 aliphatic heterocycles. The minimum atomic E-state index is 0.179. The summed E-state index contributed by atoms with van der Waals surface area (Å²) in [6, 6.07) is 13.1. The molecule has 15 heavy (non-hydrogen) atoms. The molecule has 0 fully saturated rings. The second-order valence-electron chi connectivity index (χ2n) is 4.10. The summed E-state index contributed by atoms with van der Waals surface area (Å²) >= 11 is 0. The van der Waals surface area contributed by atoms with Gasteiger partial charge in [-0.25, -0.2) is 0 Å². The molecule has 2 aromatic carbocycles. The predicted octanol–water partition coefficient (Wildman–Crippen LogP) is 1.13. The molecule has 0 aromatic heterocycles. The molecule has 74 valence electrons. The highest BCUT2D eigenvalue weighted by atomic mass is 14.6. The molecule has 1 nitrogen and oxygen atoms in total. The number of rotatable bonds is 0. The van der Waals surface area contributed by atoms with Gasteiger partial charge >= 0.3 is 0 Å². The van der Waals surface area contributed by atoms with Crippen molar-refractivity contribution in [3.63, 3.8) is 0 Å². The van der Waals surface area contributed by atoms with Gasteiger partial charge in [0.2, 0.25) is 0 Å². The maximum atomic E-state index is 5.91. The van der Waals surface area contributed by atoms with E-state index in [-0.39, 0.29) is 6.04 Å². The maximum Gasteiger partial charge on any atom is 0.0268 e. The molecule has 2 aromatic rings. The van der Waals surface area contributed by atoms with E-state index in [0.717, 1.165) is 6.42 Å². The fraction of sp³-hybridized carbons (Fsp3) is 0.143. The Balaban J connectivity index is 2.44. The highest BCUT2D eigenvalue weighted by molar-refractivity contribution is 5.83. The van der Waals surface area contributed by atoms with Gasteiger partial charge in [-0.05, 0) is 39.8 Å². The van der Waals surface area contributed by atoms with Crippen LogP contribution in [0.4, 0.5) is 0 Å². The van der Waals surface area contributed by atoms with Gasteiger partial charge in [-0.3, -0.25) is 0 Å². The number of hydrogen-bond donors (Lipinski definition) is 1. The molecule has 1 atom stereocenters. The summed E-state index contributed by atoms with van der Waals surface area (Å²) < 4.78 is 0. The zero-order valence-electron chi connectivity index (χ0n) is 8.48. The lowest BCUT2D eigenvalue weighted by atomic mass is 10.0. The topological polar surface area (TPSA) is 26.0 Å². The minimum Gasteiger partial charge on any atom is -0.324 e. The third kappa shape index (κ3) is 1.45. The Morgan fingerprint density at radius 1 is 1.00 bits per heavy atom. The number of nitrogens with two attached hydrogens (primary N) is 1. The molecule has 1 unspecified atom stereocenters. The summed E-state index contributed by atoms with van der Waals surface area (Å²) in [5, 5.41) is 5.18. The van der Waals surface area contributed by atoms with E-state index in [1.165, 1.54) is 21.2 Å². The fourth-order valence-corrected chi connectivity index (χ4v) is 2.16. The molecule has 0 heterocycles. The molecule has 0 spiro atoms. The van der Waals surface area contributed by atoms with Crippen LogP contribution >= 0.6 is 0 Å². The van der Waals surface area contributed by atoms with Crippen molar-refractivity contribution < 1.29 is 0 Å². The van der Waals surface area contributed by atoms with Crippen LogP contribution in [0, 0.1) is 0 Å². The molecule has 1 aliphatic rings. The Morgan fingerprint density at radius 2 is 1.67 bits per heavy atom. The highest BCUT2D eigenvalue weighted by Gasteiger charge is 2.02. The van der Waals surface area contributed by atoms with E-state index >= 15 is 0 Å². The summed E-state index contributed by atoms with van der Waals surface area (Å²) in [7, 11) is 0. The molecule has 1 aliphatic carbocycles. The first-order valence-electron chi connectivity index (χ1n) is 5.29. The normalized spacial score (nSPS) is 19.1. The predicted molar refractivity (Wildman–Crippen MR) is 64.7 cm³/mol. The summed E-state index contributed by atoms with van der Waals surface area (Å²) in [5.41, 5.74) is 5.91. The Labute approximate surface area is 88.5 Å². The first-order valence-corrected chi connectivity index (χ1v) is 5.29. The fourth-order valence-electron chi connectivity index (χ4n) is 2.16. The average Bonchev–Trinajstić information content (AvgIpc) is 2.26. The largest absolute Gasteiger partial charge is 0.324 e. The first-order chi connectivity index (χ1) is 7.33. The van der Waals surface area contributed by atoms with Crippen molar-refractivity contribution in [1.82, 2.24) is 0 Å². The molecule has 0 saturated carbocycles. The Bertz CT molecular complexity index is 625. The quantitative estimate of drug-likeness (QED) is 0.670. The minimum absolute atomic E-state index is 0.179. The molecular weight excluding hydrogens is 182 g/mol. The van der Waals surface area contributed by atoms with Crippen LogP contribution in [0.25, 0.3) is 22.9 Å². The van der Waals surface area contributed by atoms with Gasteiger partial charge < -0.3 is 5.73 Å². The van der Waals surface area contributed by atoms with E-state index in [4.69, 9.17) is 5.73 Å². The summed E-state index contributed by atoms with van der Waals surface area (Å²) in [6.07, 6.45) is 5.33. The van der Waals surface area contributed by atoms with Crippen molar-refractivity contribution in [3.05, 3.63) is 46.8 Å². The monoisotopic (exact) mass is 195 g/mol. The lowest BCUT2D eigenvalue weighted by molar-refractivity contribution is 0.888. The van der Waals surface area contributed by atoms with E-state index < -0.39 is 0 Å². The van der Waals surface area contributed by atoms with Gasteiger partial charge in [0.15, 0.2) is 0 Å². The second kappa shape index (κ2) is 3.21. The average molecular weight is 195 g/mol. The van der Waals surface area contributed by atoms with Gasteiger partial charge in [0, 0.05) is 6.04 Å². The van der Waals surface area contributed by atoms with E-state index in [1.807, 2.05) is 0 Å². The van der Waals surface area contributed by atoms with Crippen molar-refractivity contribution in [1.29, 1.82) is 0 Å². The lowest BCUT2D eigenvalue weighted by Crippen LogP contribution is -2.33. The highest BCUT2D eigenvalue weighted by Crippen LogP contribution is 2.09. The van der Waals surface area contributed by atoms with Crippen molar-refractivity contribution >= 4 is 22.9 Å². The van der Waals surface area contributed by atoms with Crippen molar-refractivity contribution in [2.24, 2.45) is 5.73 Å². The second-order valence-corrected chi connectivity index (χ2v) is 4.10. The van der Waals surface area contributed by atoms with Gasteiger partial charge in [-0.15, -0.1) is 0 Å². The molecule has 0 bridgehead atoms. The van der Waals surface area contributed by atoms with Gasteiger partial charge in [-0.1, -0.05) is 36.4 Å². The SMILES string of the molecule is NC1C=c2cc3ccccc3cc2=CC1. The summed E-state index contributed by atoms with van der Waals surface area (Å²) in [4.78, 5) is 0. The van der Waals surface area contributed by atoms with Crippen LogP contribution in [0.15, 0.2) is 36.4 Å². The summed E-state index contributed by atoms with van der Waals surface area (Å²) in [6.45, 7) is 0. The molecule has 0 radical (unpaired) electrons. The third-order valence-electron chi connectivity index (χ3n) is 2.95. The van der Waals surface area contributed by atoms with Crippen LogP contribution in [0.2, 0.25) is 0 Å². The van der Waals surface area contributed by atoms with E-state index in [0.29, 0.717) is 0 Å². The van der Waals surface area contributed by atoms with Crippen LogP contribution < -0.4 is 16.2 Å². The number of fused-ring (bicyclic) bond motifs is 2. The maximum absolute atomic E-state index is 5.91. The Morgan fingerprint density at radius 3 is 2.40 bits per heavy atom. The molecule has 1 heteroatoms. The Hall–Kier alpha value is -1.60. The van der Waals surface area contributed by atoms with Gasteiger partial charge in [0.25, 0.3) is 0 Å². The van der Waals surface area contributed by atoms with Crippen LogP contribution in [0.5, 0.6) is 0 Å². The number of benzene rings is 2. The molecule has 0 saturated heterocycles. The smallest absolute Gasteiger partial charge is 0.0268 e. The molecular formula is C14H13N. The Kier molecular flexibility index (Phi) is 1.86. The van der Waals surface area contributed by atoms with Crippen LogP contribution in [0.1, 0.15) is 6.42 Å². The zero-order valence-corrected chi connectivity index (χ0v) is 8.48.